The van der Waals surface area contributed by atoms with E-state index in [-0.39, 0.29) is 11.9 Å². The first kappa shape index (κ1) is 18.1. The molecule has 1 aromatic carbocycles. The van der Waals surface area contributed by atoms with E-state index in [1.807, 2.05) is 35.9 Å². The van der Waals surface area contributed by atoms with Crippen LogP contribution in [-0.2, 0) is 13.6 Å². The molecular formula is C21H25N3O2S. The van der Waals surface area contributed by atoms with Gasteiger partial charge in [-0.05, 0) is 55.1 Å². The van der Waals surface area contributed by atoms with Crippen molar-refractivity contribution in [2.24, 2.45) is 7.05 Å². The van der Waals surface area contributed by atoms with Crippen LogP contribution in [0.5, 0.6) is 5.75 Å². The van der Waals surface area contributed by atoms with E-state index in [0.29, 0.717) is 5.69 Å². The van der Waals surface area contributed by atoms with Crippen LogP contribution in [-0.4, -0.2) is 41.6 Å². The minimum atomic E-state index is -0.00404. The molecule has 4 rings (SSSR count). The van der Waals surface area contributed by atoms with Crippen molar-refractivity contribution in [2.45, 2.75) is 25.4 Å². The number of ether oxygens (including phenoxy) is 1. The Kier molecular flexibility index (Phi) is 5.18. The highest BCUT2D eigenvalue weighted by Gasteiger charge is 2.23. The van der Waals surface area contributed by atoms with Crippen LogP contribution in [0.3, 0.4) is 0 Å². The van der Waals surface area contributed by atoms with Crippen molar-refractivity contribution in [3.63, 3.8) is 0 Å². The van der Waals surface area contributed by atoms with Crippen LogP contribution in [0.25, 0.3) is 10.9 Å². The fourth-order valence-corrected chi connectivity index (χ4v) is 4.62. The maximum Gasteiger partial charge on any atom is 0.268 e. The van der Waals surface area contributed by atoms with E-state index >= 15 is 0 Å². The maximum atomic E-state index is 12.9. The topological polar surface area (TPSA) is 46.5 Å². The number of fused-ring (bicyclic) bond motifs is 1. The molecule has 5 nitrogen and oxygen atoms in total. The Bertz CT molecular complexity index is 932. The molecule has 1 saturated heterocycles. The van der Waals surface area contributed by atoms with Crippen molar-refractivity contribution in [3.8, 4) is 5.75 Å². The van der Waals surface area contributed by atoms with Gasteiger partial charge >= 0.3 is 0 Å². The second-order valence-electron chi connectivity index (χ2n) is 7.14. The summed E-state index contributed by atoms with van der Waals surface area (Å²) < 4.78 is 7.25. The van der Waals surface area contributed by atoms with Crippen molar-refractivity contribution in [1.82, 2.24) is 14.8 Å². The Morgan fingerprint density at radius 2 is 2.22 bits per heavy atom. The molecule has 0 radical (unpaired) electrons. The van der Waals surface area contributed by atoms with Crippen LogP contribution < -0.4 is 10.1 Å². The Morgan fingerprint density at radius 3 is 3.00 bits per heavy atom. The number of hydrogen-bond donors (Lipinski definition) is 1. The second kappa shape index (κ2) is 7.74. The summed E-state index contributed by atoms with van der Waals surface area (Å²) in [4.78, 5) is 16.7. The smallest absolute Gasteiger partial charge is 0.268 e. The zero-order valence-corrected chi connectivity index (χ0v) is 16.6. The summed E-state index contributed by atoms with van der Waals surface area (Å²) in [5.74, 6) is 0.798. The fraction of sp³-hybridized carbons (Fsp3) is 0.381. The van der Waals surface area contributed by atoms with E-state index in [4.69, 9.17) is 4.74 Å². The molecule has 0 saturated carbocycles. The number of likely N-dealkylation sites (tertiary alicyclic amines) is 1. The van der Waals surface area contributed by atoms with Crippen molar-refractivity contribution in [2.75, 3.05) is 20.2 Å². The zero-order valence-electron chi connectivity index (χ0n) is 15.8. The highest BCUT2D eigenvalue weighted by atomic mass is 32.1. The number of methoxy groups -OCH3 is 1. The number of nitrogens with zero attached hydrogens (tertiary/aromatic N) is 2. The van der Waals surface area contributed by atoms with E-state index in [2.05, 4.69) is 27.7 Å². The minimum absolute atomic E-state index is 0.00404. The number of benzene rings is 1. The van der Waals surface area contributed by atoms with Gasteiger partial charge in [0.15, 0.2) is 0 Å². The molecule has 3 aromatic rings. The highest BCUT2D eigenvalue weighted by molar-refractivity contribution is 7.09. The van der Waals surface area contributed by atoms with Gasteiger partial charge in [-0.3, -0.25) is 9.69 Å². The van der Waals surface area contributed by atoms with Crippen molar-refractivity contribution < 1.29 is 9.53 Å². The molecule has 2 aromatic heterocycles. The number of hydrogen-bond acceptors (Lipinski definition) is 4. The zero-order chi connectivity index (χ0) is 18.8. The van der Waals surface area contributed by atoms with Crippen LogP contribution in [0, 0.1) is 0 Å². The molecule has 0 spiro atoms. The van der Waals surface area contributed by atoms with Crippen LogP contribution in [0.1, 0.15) is 28.2 Å². The van der Waals surface area contributed by atoms with Crippen molar-refractivity contribution in [3.05, 3.63) is 52.3 Å². The largest absolute Gasteiger partial charge is 0.497 e. The van der Waals surface area contributed by atoms with E-state index in [1.54, 1.807) is 18.4 Å². The van der Waals surface area contributed by atoms with Crippen molar-refractivity contribution >= 4 is 28.1 Å². The van der Waals surface area contributed by atoms with E-state index < -0.39 is 0 Å². The first-order chi connectivity index (χ1) is 13.1. The number of rotatable bonds is 5. The average Bonchev–Trinajstić information content (AvgIpc) is 3.29. The molecule has 0 bridgehead atoms. The number of piperidine rings is 1. The Hall–Kier alpha value is -2.31. The van der Waals surface area contributed by atoms with Crippen LogP contribution >= 0.6 is 11.3 Å². The van der Waals surface area contributed by atoms with Gasteiger partial charge in [-0.2, -0.15) is 0 Å². The molecule has 6 heteroatoms. The molecule has 1 amide bonds. The first-order valence-corrected chi connectivity index (χ1v) is 10.2. The lowest BCUT2D eigenvalue weighted by molar-refractivity contribution is 0.0893. The third kappa shape index (κ3) is 3.87. The highest BCUT2D eigenvalue weighted by Crippen LogP contribution is 2.24. The van der Waals surface area contributed by atoms with Gasteiger partial charge < -0.3 is 14.6 Å². The number of carbonyl (C=O) groups is 1. The van der Waals surface area contributed by atoms with Crippen molar-refractivity contribution in [1.29, 1.82) is 0 Å². The summed E-state index contributed by atoms with van der Waals surface area (Å²) in [7, 11) is 3.59. The monoisotopic (exact) mass is 383 g/mol. The van der Waals surface area contributed by atoms with Gasteiger partial charge in [-0.25, -0.2) is 0 Å². The van der Waals surface area contributed by atoms with Gasteiger partial charge in [0.1, 0.15) is 11.4 Å². The van der Waals surface area contributed by atoms with E-state index in [1.165, 1.54) is 4.88 Å². The SMILES string of the molecule is COc1ccc2c(c1)cc(C(=O)NC1CCCN(Cc3cccs3)C1)n2C. The van der Waals surface area contributed by atoms with Gasteiger partial charge in [0.05, 0.1) is 7.11 Å². The lowest BCUT2D eigenvalue weighted by atomic mass is 10.1. The molecule has 1 aliphatic rings. The molecule has 1 aliphatic heterocycles. The van der Waals surface area contributed by atoms with Gasteiger partial charge in [0.25, 0.3) is 5.91 Å². The Morgan fingerprint density at radius 1 is 1.33 bits per heavy atom. The van der Waals surface area contributed by atoms with E-state index in [0.717, 1.165) is 49.1 Å². The lowest BCUT2D eigenvalue weighted by Gasteiger charge is -2.32. The second-order valence-corrected chi connectivity index (χ2v) is 8.17. The minimum Gasteiger partial charge on any atom is -0.497 e. The Labute approximate surface area is 163 Å². The molecule has 3 heterocycles. The standard InChI is InChI=1S/C21H25N3O2S/c1-23-19-8-7-17(26-2)11-15(19)12-20(23)21(25)22-16-5-3-9-24(13-16)14-18-6-4-10-27-18/h4,6-8,10-12,16H,3,5,9,13-14H2,1-2H3,(H,22,25). The van der Waals surface area contributed by atoms with Crippen LogP contribution in [0.15, 0.2) is 41.8 Å². The number of carbonyl (C=O) groups excluding carboxylic acids is 1. The molecular weight excluding hydrogens is 358 g/mol. The van der Waals surface area contributed by atoms with Crippen LogP contribution in [0.4, 0.5) is 0 Å². The number of thiophene rings is 1. The summed E-state index contributed by atoms with van der Waals surface area (Å²) in [5.41, 5.74) is 1.72. The normalized spacial score (nSPS) is 17.9. The van der Waals surface area contributed by atoms with Crippen LogP contribution in [0.2, 0.25) is 0 Å². The quantitative estimate of drug-likeness (QED) is 0.732. The average molecular weight is 384 g/mol. The van der Waals surface area contributed by atoms with Gasteiger partial charge in [-0.1, -0.05) is 6.07 Å². The number of aromatic nitrogens is 1. The van der Waals surface area contributed by atoms with Gasteiger partial charge in [-0.15, -0.1) is 11.3 Å². The molecule has 1 N–H and O–H groups in total. The predicted octanol–water partition coefficient (Wildman–Crippen LogP) is 3.64. The fourth-order valence-electron chi connectivity index (χ4n) is 3.87. The van der Waals surface area contributed by atoms with Gasteiger partial charge in [0.2, 0.25) is 0 Å². The third-order valence-electron chi connectivity index (χ3n) is 5.28. The summed E-state index contributed by atoms with van der Waals surface area (Å²) in [6, 6.07) is 12.3. The summed E-state index contributed by atoms with van der Waals surface area (Å²) >= 11 is 1.79. The molecule has 1 unspecified atom stereocenters. The summed E-state index contributed by atoms with van der Waals surface area (Å²) in [5, 5.41) is 6.38. The lowest BCUT2D eigenvalue weighted by Crippen LogP contribution is -2.47. The van der Waals surface area contributed by atoms with E-state index in [9.17, 15) is 4.79 Å². The number of nitrogens with one attached hydrogen (secondary N) is 1. The Balaban J connectivity index is 1.45. The molecule has 27 heavy (non-hydrogen) atoms. The third-order valence-corrected chi connectivity index (χ3v) is 6.14. The first-order valence-electron chi connectivity index (χ1n) is 9.33. The molecule has 1 atom stereocenters. The number of amides is 1. The predicted molar refractivity (Wildman–Crippen MR) is 110 cm³/mol. The number of aryl methyl sites for hydroxylation is 1. The maximum absolute atomic E-state index is 12.9. The molecule has 142 valence electrons. The molecule has 1 fully saturated rings. The van der Waals surface area contributed by atoms with Gasteiger partial charge in [0, 0.05) is 42.0 Å². The summed E-state index contributed by atoms with van der Waals surface area (Å²) in [6.45, 7) is 2.97. The summed E-state index contributed by atoms with van der Waals surface area (Å²) in [6.07, 6.45) is 2.15. The molecule has 0 aliphatic carbocycles.